The summed E-state index contributed by atoms with van der Waals surface area (Å²) in [7, 11) is -3.54. The van der Waals surface area contributed by atoms with Crippen molar-refractivity contribution < 1.29 is 40.7 Å². The molecule has 0 atom stereocenters. The first-order valence-corrected chi connectivity index (χ1v) is 12.7. The lowest BCUT2D eigenvalue weighted by molar-refractivity contribution is -0.274. The van der Waals surface area contributed by atoms with Gasteiger partial charge in [-0.1, -0.05) is 18.9 Å². The number of amides is 2. The summed E-state index contributed by atoms with van der Waals surface area (Å²) >= 11 is 0. The summed E-state index contributed by atoms with van der Waals surface area (Å²) < 4.78 is 70.8. The maximum absolute atomic E-state index is 12.8. The molecule has 0 fully saturated rings. The van der Waals surface area contributed by atoms with E-state index in [2.05, 4.69) is 4.74 Å². The van der Waals surface area contributed by atoms with E-state index in [0.29, 0.717) is 42.0 Å². The second-order valence-corrected chi connectivity index (χ2v) is 9.77. The van der Waals surface area contributed by atoms with Gasteiger partial charge < -0.3 is 14.4 Å². The molecule has 3 rings (SSSR count). The van der Waals surface area contributed by atoms with Gasteiger partial charge in [0.05, 0.1) is 19.4 Å². The highest BCUT2D eigenvalue weighted by Crippen LogP contribution is 2.35. The molecule has 1 aliphatic heterocycles. The Morgan fingerprint density at radius 2 is 1.74 bits per heavy atom. The van der Waals surface area contributed by atoms with Gasteiger partial charge in [-0.25, -0.2) is 8.42 Å². The molecule has 1 heterocycles. The highest BCUT2D eigenvalue weighted by atomic mass is 32.2. The summed E-state index contributed by atoms with van der Waals surface area (Å²) in [6, 6.07) is 10.2. The monoisotopic (exact) mass is 514 g/mol. The molecule has 0 radical (unpaired) electrons. The summed E-state index contributed by atoms with van der Waals surface area (Å²) in [5.74, 6) is -0.615. The van der Waals surface area contributed by atoms with Crippen molar-refractivity contribution in [2.24, 2.45) is 0 Å². The van der Waals surface area contributed by atoms with E-state index in [4.69, 9.17) is 4.74 Å². The van der Waals surface area contributed by atoms with Gasteiger partial charge in [0.25, 0.3) is 5.91 Å². The van der Waals surface area contributed by atoms with Crippen LogP contribution in [0, 0.1) is 0 Å². The number of nitrogens with zero attached hydrogens (tertiary/aromatic N) is 1. The van der Waals surface area contributed by atoms with Crippen molar-refractivity contribution in [1.82, 2.24) is 4.72 Å². The van der Waals surface area contributed by atoms with Crippen molar-refractivity contribution in [3.63, 3.8) is 0 Å². The Balaban J connectivity index is 1.49. The molecular formula is C23H25F3N2O6S. The number of ether oxygens (including phenoxy) is 2. The Kier molecular flexibility index (Phi) is 8.26. The Labute approximate surface area is 201 Å². The molecule has 0 saturated carbocycles. The van der Waals surface area contributed by atoms with Gasteiger partial charge >= 0.3 is 6.36 Å². The normalized spacial score (nSPS) is 13.5. The van der Waals surface area contributed by atoms with Crippen molar-refractivity contribution in [1.29, 1.82) is 0 Å². The van der Waals surface area contributed by atoms with Crippen LogP contribution in [0.4, 0.5) is 18.9 Å². The number of rotatable bonds is 11. The van der Waals surface area contributed by atoms with Crippen LogP contribution >= 0.6 is 0 Å². The van der Waals surface area contributed by atoms with Crippen LogP contribution in [-0.4, -0.2) is 39.5 Å². The third kappa shape index (κ3) is 7.88. The van der Waals surface area contributed by atoms with E-state index < -0.39 is 22.3 Å². The number of sulfonamides is 1. The minimum atomic E-state index is -4.79. The first kappa shape index (κ1) is 26.3. The topological polar surface area (TPSA) is 102 Å². The summed E-state index contributed by atoms with van der Waals surface area (Å²) in [6.07, 6.45) is -0.972. The van der Waals surface area contributed by atoms with Crippen molar-refractivity contribution in [2.45, 2.75) is 45.0 Å². The predicted octanol–water partition coefficient (Wildman–Crippen LogP) is 4.15. The third-order valence-electron chi connectivity index (χ3n) is 5.16. The van der Waals surface area contributed by atoms with Crippen LogP contribution in [0.3, 0.4) is 0 Å². The van der Waals surface area contributed by atoms with Gasteiger partial charge in [-0.05, 0) is 49.2 Å². The Morgan fingerprint density at radius 3 is 2.40 bits per heavy atom. The second kappa shape index (κ2) is 11.0. The highest BCUT2D eigenvalue weighted by molar-refractivity contribution is 7.89. The van der Waals surface area contributed by atoms with Gasteiger partial charge in [0, 0.05) is 23.2 Å². The Bertz CT molecular complexity index is 1170. The highest BCUT2D eigenvalue weighted by Gasteiger charge is 2.33. The van der Waals surface area contributed by atoms with Crippen molar-refractivity contribution in [2.75, 3.05) is 17.8 Å². The largest absolute Gasteiger partial charge is 0.573 e. The van der Waals surface area contributed by atoms with Crippen LogP contribution in [0.15, 0.2) is 42.5 Å². The fraction of sp³-hybridized carbons (Fsp3) is 0.391. The second-order valence-electron chi connectivity index (χ2n) is 8.03. The van der Waals surface area contributed by atoms with Gasteiger partial charge in [0.15, 0.2) is 0 Å². The number of benzene rings is 2. The minimum Gasteiger partial charge on any atom is -0.493 e. The quantitative estimate of drug-likeness (QED) is 0.452. The number of carbonyl (C=O) groups excluding carboxylic acids is 2. The number of hydrogen-bond donors (Lipinski definition) is 1. The standard InChI is InChI=1S/C23H25F3N2O6S/c1-35(31,32)27-21(29)9-4-2-3-5-14-33-20-8-6-7-18-19(20)15-28(22(18)30)16-10-12-17(13-11-16)34-23(24,25)26/h6-8,10-13H,2-5,9,14-15H2,1H3,(H,27,29). The number of carbonyl (C=O) groups is 2. The molecule has 35 heavy (non-hydrogen) atoms. The minimum absolute atomic E-state index is 0.126. The molecule has 0 bridgehead atoms. The molecule has 12 heteroatoms. The SMILES string of the molecule is CS(=O)(=O)NC(=O)CCCCCCOc1cccc2c1CN(c1ccc(OC(F)(F)F)cc1)C2=O. The lowest BCUT2D eigenvalue weighted by Gasteiger charge is -2.17. The number of alkyl halides is 3. The van der Waals surface area contributed by atoms with Crippen LogP contribution < -0.4 is 19.1 Å². The van der Waals surface area contributed by atoms with Gasteiger partial charge in [-0.15, -0.1) is 13.2 Å². The molecular weight excluding hydrogens is 489 g/mol. The molecule has 2 aromatic carbocycles. The number of anilines is 1. The van der Waals surface area contributed by atoms with Gasteiger partial charge in [0.2, 0.25) is 15.9 Å². The van der Waals surface area contributed by atoms with E-state index in [1.165, 1.54) is 17.0 Å². The van der Waals surface area contributed by atoms with Crippen LogP contribution in [0.25, 0.3) is 0 Å². The fourth-order valence-electron chi connectivity index (χ4n) is 3.66. The maximum atomic E-state index is 12.8. The zero-order valence-corrected chi connectivity index (χ0v) is 19.7. The number of unbranched alkanes of at least 4 members (excludes halogenated alkanes) is 3. The van der Waals surface area contributed by atoms with E-state index in [1.54, 1.807) is 18.2 Å². The van der Waals surface area contributed by atoms with E-state index in [9.17, 15) is 31.2 Å². The molecule has 1 N–H and O–H groups in total. The lowest BCUT2D eigenvalue weighted by atomic mass is 10.1. The molecule has 2 aromatic rings. The van der Waals surface area contributed by atoms with Crippen molar-refractivity contribution in [3.05, 3.63) is 53.6 Å². The fourth-order valence-corrected chi connectivity index (χ4v) is 4.17. The average Bonchev–Trinajstić information content (AvgIpc) is 3.08. The van der Waals surface area contributed by atoms with E-state index >= 15 is 0 Å². The van der Waals surface area contributed by atoms with Gasteiger partial charge in [-0.2, -0.15) is 0 Å². The number of hydrogen-bond acceptors (Lipinski definition) is 6. The third-order valence-corrected chi connectivity index (χ3v) is 5.76. The first-order valence-electron chi connectivity index (χ1n) is 10.9. The summed E-state index contributed by atoms with van der Waals surface area (Å²) in [5.41, 5.74) is 1.60. The van der Waals surface area contributed by atoms with Crippen LogP contribution in [0.5, 0.6) is 11.5 Å². The molecule has 2 amide bonds. The average molecular weight is 515 g/mol. The smallest absolute Gasteiger partial charge is 0.493 e. The molecule has 0 unspecified atom stereocenters. The first-order chi connectivity index (χ1) is 16.4. The van der Waals surface area contributed by atoms with Crippen LogP contribution in [0.2, 0.25) is 0 Å². The molecule has 0 aromatic heterocycles. The zero-order chi connectivity index (χ0) is 25.6. The Hall–Kier alpha value is -3.28. The Morgan fingerprint density at radius 1 is 1.06 bits per heavy atom. The van der Waals surface area contributed by atoms with Crippen LogP contribution in [0.1, 0.15) is 48.0 Å². The van der Waals surface area contributed by atoms with Crippen molar-refractivity contribution in [3.8, 4) is 11.5 Å². The van der Waals surface area contributed by atoms with Crippen LogP contribution in [-0.2, 0) is 21.4 Å². The summed E-state index contributed by atoms with van der Waals surface area (Å²) in [4.78, 5) is 25.8. The van der Waals surface area contributed by atoms with Gasteiger partial charge in [0.1, 0.15) is 11.5 Å². The summed E-state index contributed by atoms with van der Waals surface area (Å²) in [6.45, 7) is 0.614. The van der Waals surface area contributed by atoms with E-state index in [-0.39, 0.29) is 24.6 Å². The number of halogens is 3. The van der Waals surface area contributed by atoms with Crippen molar-refractivity contribution >= 4 is 27.5 Å². The number of nitrogens with one attached hydrogen (secondary N) is 1. The molecule has 0 saturated heterocycles. The van der Waals surface area contributed by atoms with E-state index in [1.807, 2.05) is 4.72 Å². The molecule has 0 spiro atoms. The maximum Gasteiger partial charge on any atom is 0.573 e. The zero-order valence-electron chi connectivity index (χ0n) is 18.9. The lowest BCUT2D eigenvalue weighted by Crippen LogP contribution is -2.28. The van der Waals surface area contributed by atoms with Gasteiger partial charge in [-0.3, -0.25) is 14.3 Å². The summed E-state index contributed by atoms with van der Waals surface area (Å²) in [5, 5.41) is 0. The molecule has 8 nitrogen and oxygen atoms in total. The molecule has 0 aliphatic carbocycles. The van der Waals surface area contributed by atoms with E-state index in [0.717, 1.165) is 31.2 Å². The predicted molar refractivity (Wildman–Crippen MR) is 122 cm³/mol. The molecule has 190 valence electrons. The number of fused-ring (bicyclic) bond motifs is 1. The molecule has 1 aliphatic rings.